The van der Waals surface area contributed by atoms with Crippen molar-refractivity contribution in [1.82, 2.24) is 15.2 Å². The largest absolute Gasteiger partial charge is 0.369 e. The van der Waals surface area contributed by atoms with Gasteiger partial charge in [0.15, 0.2) is 0 Å². The molecule has 2 aromatic heterocycles. The van der Waals surface area contributed by atoms with Crippen molar-refractivity contribution in [3.05, 3.63) is 51.5 Å². The number of hydrogen-bond donors (Lipinski definition) is 1. The molecule has 0 radical (unpaired) electrons. The summed E-state index contributed by atoms with van der Waals surface area (Å²) in [7, 11) is 0. The fraction of sp³-hybridized carbons (Fsp3) is 0.464. The van der Waals surface area contributed by atoms with Crippen molar-refractivity contribution in [3.8, 4) is 11.1 Å². The highest BCUT2D eigenvalue weighted by atomic mass is 35.5. The molecule has 1 aromatic carbocycles. The van der Waals surface area contributed by atoms with Gasteiger partial charge in [0.2, 0.25) is 11.8 Å². The fourth-order valence-electron chi connectivity index (χ4n) is 5.78. The standard InChI is InChI=1S/C28H30ClN3O3S/c1-14-7-16(29)8-20(19(14)9-17-12-30-13-28(3,4)35-17)18-5-6-31-23-11-24(36-25(18)23)15(2)32-26(33)21-10-22(21)27(32)34/h5-8,11,15,17,21-22,30H,9-10,12-13H2,1-4H3/t15?,17-,21?,22?/m1/s1. The van der Waals surface area contributed by atoms with Crippen LogP contribution in [0.25, 0.3) is 21.3 Å². The molecule has 2 saturated heterocycles. The van der Waals surface area contributed by atoms with E-state index in [0.29, 0.717) is 11.4 Å². The molecule has 1 saturated carbocycles. The molecule has 0 bridgehead atoms. The molecule has 0 spiro atoms. The van der Waals surface area contributed by atoms with Crippen molar-refractivity contribution in [2.75, 3.05) is 13.1 Å². The Morgan fingerprint density at radius 1 is 1.22 bits per heavy atom. The predicted molar refractivity (Wildman–Crippen MR) is 142 cm³/mol. The zero-order chi connectivity index (χ0) is 25.4. The van der Waals surface area contributed by atoms with Gasteiger partial charge in [0.25, 0.3) is 0 Å². The summed E-state index contributed by atoms with van der Waals surface area (Å²) in [6.07, 6.45) is 3.37. The summed E-state index contributed by atoms with van der Waals surface area (Å²) in [4.78, 5) is 32.4. The number of pyridine rings is 1. The number of nitrogens with one attached hydrogen (secondary N) is 1. The zero-order valence-corrected chi connectivity index (χ0v) is 22.5. The van der Waals surface area contributed by atoms with E-state index in [2.05, 4.69) is 31.1 Å². The maximum atomic E-state index is 12.7. The maximum Gasteiger partial charge on any atom is 0.233 e. The van der Waals surface area contributed by atoms with Crippen molar-refractivity contribution in [1.29, 1.82) is 0 Å². The number of carbonyl (C=O) groups is 2. The lowest BCUT2D eigenvalue weighted by atomic mass is 9.91. The molecule has 3 fully saturated rings. The summed E-state index contributed by atoms with van der Waals surface area (Å²) in [5.41, 5.74) is 5.14. The monoisotopic (exact) mass is 523 g/mol. The summed E-state index contributed by atoms with van der Waals surface area (Å²) < 4.78 is 7.43. The van der Waals surface area contributed by atoms with E-state index in [4.69, 9.17) is 16.3 Å². The second kappa shape index (κ2) is 8.62. The van der Waals surface area contributed by atoms with E-state index in [-0.39, 0.29) is 41.4 Å². The number of imide groups is 1. The Labute approximate surface area is 220 Å². The number of carbonyl (C=O) groups excluding carboxylic acids is 2. The Kier molecular flexibility index (Phi) is 5.76. The molecule has 6 rings (SSSR count). The number of amides is 2. The first-order valence-electron chi connectivity index (χ1n) is 12.6. The van der Waals surface area contributed by atoms with E-state index < -0.39 is 0 Å². The van der Waals surface area contributed by atoms with Gasteiger partial charge in [0.05, 0.1) is 39.8 Å². The molecule has 3 aliphatic rings. The molecular formula is C28H30ClN3O3S. The molecule has 2 amide bonds. The third kappa shape index (κ3) is 4.06. The lowest BCUT2D eigenvalue weighted by Gasteiger charge is -2.37. The molecule has 3 unspecified atom stereocenters. The number of likely N-dealkylation sites (tertiary alicyclic amines) is 1. The topological polar surface area (TPSA) is 71.5 Å². The van der Waals surface area contributed by atoms with Crippen LogP contribution in [0.1, 0.15) is 49.2 Å². The molecule has 6 nitrogen and oxygen atoms in total. The Morgan fingerprint density at radius 2 is 1.97 bits per heavy atom. The number of benzene rings is 1. The quantitative estimate of drug-likeness (QED) is 0.459. The van der Waals surface area contributed by atoms with Gasteiger partial charge >= 0.3 is 0 Å². The van der Waals surface area contributed by atoms with Crippen molar-refractivity contribution in [2.24, 2.45) is 11.8 Å². The number of morpholine rings is 1. The number of rotatable bonds is 5. The van der Waals surface area contributed by atoms with E-state index in [9.17, 15) is 9.59 Å². The Balaban J connectivity index is 1.39. The van der Waals surface area contributed by atoms with E-state index >= 15 is 0 Å². The number of aromatic nitrogens is 1. The van der Waals surface area contributed by atoms with E-state index in [1.807, 2.05) is 37.4 Å². The Hall–Kier alpha value is -2.32. The van der Waals surface area contributed by atoms with Gasteiger partial charge in [0.1, 0.15) is 0 Å². The van der Waals surface area contributed by atoms with E-state index in [0.717, 1.165) is 51.3 Å². The van der Waals surface area contributed by atoms with Crippen molar-refractivity contribution in [3.63, 3.8) is 0 Å². The molecule has 3 aromatic rings. The number of hydrogen-bond acceptors (Lipinski definition) is 6. The highest BCUT2D eigenvalue weighted by molar-refractivity contribution is 7.19. The van der Waals surface area contributed by atoms with Crippen LogP contribution >= 0.6 is 22.9 Å². The minimum Gasteiger partial charge on any atom is -0.369 e. The summed E-state index contributed by atoms with van der Waals surface area (Å²) in [5.74, 6) is -0.247. The van der Waals surface area contributed by atoms with Crippen LogP contribution in [-0.2, 0) is 20.7 Å². The lowest BCUT2D eigenvalue weighted by Crippen LogP contribution is -2.51. The second-order valence-corrected chi connectivity index (χ2v) is 12.5. The number of halogens is 1. The highest BCUT2D eigenvalue weighted by Gasteiger charge is 2.60. The minimum atomic E-state index is -0.297. The van der Waals surface area contributed by atoms with E-state index in [1.54, 1.807) is 11.3 Å². The van der Waals surface area contributed by atoms with Gasteiger partial charge in [-0.3, -0.25) is 19.5 Å². The van der Waals surface area contributed by atoms with Crippen LogP contribution in [0.5, 0.6) is 0 Å². The Bertz CT molecular complexity index is 1380. The molecule has 2 aliphatic heterocycles. The van der Waals surface area contributed by atoms with Gasteiger partial charge in [-0.05, 0) is 75.1 Å². The van der Waals surface area contributed by atoms with Gasteiger partial charge in [-0.25, -0.2) is 0 Å². The number of nitrogens with zero attached hydrogens (tertiary/aromatic N) is 2. The van der Waals surface area contributed by atoms with Crippen LogP contribution in [0.3, 0.4) is 0 Å². The van der Waals surface area contributed by atoms with Gasteiger partial charge in [0, 0.05) is 41.2 Å². The van der Waals surface area contributed by atoms with Crippen LogP contribution in [-0.4, -0.2) is 46.5 Å². The first-order chi connectivity index (χ1) is 17.1. The van der Waals surface area contributed by atoms with Crippen LogP contribution in [0.2, 0.25) is 5.02 Å². The maximum absolute atomic E-state index is 12.7. The molecule has 1 aliphatic carbocycles. The van der Waals surface area contributed by atoms with Gasteiger partial charge < -0.3 is 10.1 Å². The summed E-state index contributed by atoms with van der Waals surface area (Å²) in [5, 5.41) is 4.19. The first-order valence-corrected chi connectivity index (χ1v) is 13.8. The van der Waals surface area contributed by atoms with E-state index in [1.165, 1.54) is 10.5 Å². The number of thiophene rings is 1. The van der Waals surface area contributed by atoms with Crippen molar-refractivity contribution < 1.29 is 14.3 Å². The van der Waals surface area contributed by atoms with Gasteiger partial charge in [-0.1, -0.05) is 11.6 Å². The molecule has 8 heteroatoms. The first kappa shape index (κ1) is 24.0. The SMILES string of the molecule is Cc1cc(Cl)cc(-c2ccnc3cc(C(C)N4C(=O)C5CC5C4=O)sc23)c1C[C@@H]1CNCC(C)(C)O1. The van der Waals surface area contributed by atoms with Crippen LogP contribution in [0.15, 0.2) is 30.5 Å². The molecule has 36 heavy (non-hydrogen) atoms. The molecular weight excluding hydrogens is 494 g/mol. The molecule has 1 N–H and O–H groups in total. The molecule has 188 valence electrons. The average molecular weight is 524 g/mol. The number of fused-ring (bicyclic) bond motifs is 2. The van der Waals surface area contributed by atoms with Crippen molar-refractivity contribution in [2.45, 2.75) is 58.3 Å². The molecule has 4 heterocycles. The van der Waals surface area contributed by atoms with Gasteiger partial charge in [-0.2, -0.15) is 0 Å². The molecule has 4 atom stereocenters. The number of ether oxygens (including phenoxy) is 1. The average Bonchev–Trinajstić information content (AvgIpc) is 3.43. The lowest BCUT2D eigenvalue weighted by molar-refractivity contribution is -0.143. The minimum absolute atomic E-state index is 0.0279. The summed E-state index contributed by atoms with van der Waals surface area (Å²) in [6, 6.07) is 7.80. The smallest absolute Gasteiger partial charge is 0.233 e. The third-order valence-corrected chi connectivity index (χ3v) is 9.24. The normalized spacial score (nSPS) is 25.9. The summed E-state index contributed by atoms with van der Waals surface area (Å²) >= 11 is 8.17. The van der Waals surface area contributed by atoms with Gasteiger partial charge in [-0.15, -0.1) is 11.3 Å². The number of piperidine rings is 1. The van der Waals surface area contributed by atoms with Crippen molar-refractivity contribution >= 4 is 45.0 Å². The van der Waals surface area contributed by atoms with Crippen LogP contribution in [0.4, 0.5) is 0 Å². The predicted octanol–water partition coefficient (Wildman–Crippen LogP) is 5.30. The fourth-order valence-corrected chi connectivity index (χ4v) is 7.24. The second-order valence-electron chi connectivity index (χ2n) is 11.0. The summed E-state index contributed by atoms with van der Waals surface area (Å²) in [6.45, 7) is 9.90. The Morgan fingerprint density at radius 3 is 2.69 bits per heavy atom. The zero-order valence-electron chi connectivity index (χ0n) is 20.9. The highest BCUT2D eigenvalue weighted by Crippen LogP contribution is 2.50. The third-order valence-electron chi connectivity index (χ3n) is 7.70. The number of aryl methyl sites for hydroxylation is 1. The van der Waals surface area contributed by atoms with Crippen LogP contribution in [0, 0.1) is 18.8 Å². The van der Waals surface area contributed by atoms with Crippen LogP contribution < -0.4 is 5.32 Å².